The first kappa shape index (κ1) is 15.9. The van der Waals surface area contributed by atoms with Crippen molar-refractivity contribution in [3.05, 3.63) is 34.3 Å². The van der Waals surface area contributed by atoms with E-state index in [0.29, 0.717) is 13.1 Å². The van der Waals surface area contributed by atoms with E-state index in [1.807, 2.05) is 25.1 Å². The SMILES string of the molecule is CC(O)(CNCc1ccccc1Br)CN1CCOCC1. The fourth-order valence-corrected chi connectivity index (χ4v) is 2.83. The summed E-state index contributed by atoms with van der Waals surface area (Å²) in [5.41, 5.74) is 0.480. The lowest BCUT2D eigenvalue weighted by Gasteiger charge is -2.34. The smallest absolute Gasteiger partial charge is 0.0869 e. The van der Waals surface area contributed by atoms with E-state index in [4.69, 9.17) is 4.74 Å². The van der Waals surface area contributed by atoms with E-state index in [2.05, 4.69) is 32.2 Å². The topological polar surface area (TPSA) is 44.7 Å². The fourth-order valence-electron chi connectivity index (χ4n) is 2.41. The Hall–Kier alpha value is -0.460. The molecule has 1 unspecified atom stereocenters. The standard InChI is InChI=1S/C15H23BrN2O2/c1-15(19,12-18-6-8-20-9-7-18)11-17-10-13-4-2-3-5-14(13)16/h2-5,17,19H,6-12H2,1H3. The number of hydrogen-bond acceptors (Lipinski definition) is 4. The molecule has 0 aromatic heterocycles. The minimum atomic E-state index is -0.724. The van der Waals surface area contributed by atoms with Crippen LogP contribution in [0.5, 0.6) is 0 Å². The van der Waals surface area contributed by atoms with Crippen molar-refractivity contribution >= 4 is 15.9 Å². The first-order chi connectivity index (χ1) is 9.57. The third-order valence-corrected chi connectivity index (χ3v) is 4.22. The molecular formula is C15H23BrN2O2. The first-order valence-electron chi connectivity index (χ1n) is 7.03. The quantitative estimate of drug-likeness (QED) is 0.824. The van der Waals surface area contributed by atoms with Gasteiger partial charge in [0.2, 0.25) is 0 Å². The van der Waals surface area contributed by atoms with Gasteiger partial charge in [0.05, 0.1) is 18.8 Å². The maximum Gasteiger partial charge on any atom is 0.0869 e. The van der Waals surface area contributed by atoms with Crippen molar-refractivity contribution in [3.63, 3.8) is 0 Å². The number of aliphatic hydroxyl groups is 1. The van der Waals surface area contributed by atoms with Crippen molar-refractivity contribution in [1.29, 1.82) is 0 Å². The molecule has 0 saturated carbocycles. The van der Waals surface area contributed by atoms with Crippen LogP contribution in [-0.2, 0) is 11.3 Å². The summed E-state index contributed by atoms with van der Waals surface area (Å²) in [6, 6.07) is 8.13. The fraction of sp³-hybridized carbons (Fsp3) is 0.600. The van der Waals surface area contributed by atoms with Crippen LogP contribution >= 0.6 is 15.9 Å². The van der Waals surface area contributed by atoms with Gasteiger partial charge in [-0.1, -0.05) is 34.1 Å². The van der Waals surface area contributed by atoms with Gasteiger partial charge >= 0.3 is 0 Å². The summed E-state index contributed by atoms with van der Waals surface area (Å²) >= 11 is 3.53. The number of nitrogens with zero attached hydrogens (tertiary/aromatic N) is 1. The van der Waals surface area contributed by atoms with Gasteiger partial charge in [0.15, 0.2) is 0 Å². The van der Waals surface area contributed by atoms with Gasteiger partial charge in [-0.15, -0.1) is 0 Å². The van der Waals surface area contributed by atoms with Gasteiger partial charge in [-0.05, 0) is 18.6 Å². The van der Waals surface area contributed by atoms with Crippen LogP contribution in [0.3, 0.4) is 0 Å². The van der Waals surface area contributed by atoms with Crippen molar-refractivity contribution in [2.45, 2.75) is 19.1 Å². The highest BCUT2D eigenvalue weighted by Crippen LogP contribution is 2.15. The van der Waals surface area contributed by atoms with Gasteiger partial charge in [0, 0.05) is 37.2 Å². The molecular weight excluding hydrogens is 320 g/mol. The molecule has 0 spiro atoms. The molecule has 1 aliphatic heterocycles. The van der Waals surface area contributed by atoms with E-state index < -0.39 is 5.60 Å². The van der Waals surface area contributed by atoms with Gasteiger partial charge in [0.25, 0.3) is 0 Å². The lowest BCUT2D eigenvalue weighted by molar-refractivity contribution is -0.0219. The average Bonchev–Trinajstić information content (AvgIpc) is 2.41. The molecule has 1 aromatic carbocycles. The molecule has 2 rings (SSSR count). The Labute approximate surface area is 129 Å². The number of β-amino-alcohol motifs (C(OH)–C–C–N with tert-alkyl or cyclic N) is 1. The predicted octanol–water partition coefficient (Wildman–Crippen LogP) is 1.62. The van der Waals surface area contributed by atoms with Crippen LogP contribution in [0.1, 0.15) is 12.5 Å². The van der Waals surface area contributed by atoms with Crippen molar-refractivity contribution in [3.8, 4) is 0 Å². The lowest BCUT2D eigenvalue weighted by Crippen LogP contribution is -2.50. The highest BCUT2D eigenvalue weighted by Gasteiger charge is 2.24. The summed E-state index contributed by atoms with van der Waals surface area (Å²) in [5.74, 6) is 0. The van der Waals surface area contributed by atoms with Crippen molar-refractivity contribution in [2.24, 2.45) is 0 Å². The van der Waals surface area contributed by atoms with E-state index in [0.717, 1.165) is 37.3 Å². The van der Waals surface area contributed by atoms with Gasteiger partial charge in [0.1, 0.15) is 0 Å². The van der Waals surface area contributed by atoms with Gasteiger partial charge in [-0.2, -0.15) is 0 Å². The molecule has 1 atom stereocenters. The third kappa shape index (κ3) is 5.14. The van der Waals surface area contributed by atoms with Crippen molar-refractivity contribution in [2.75, 3.05) is 39.4 Å². The molecule has 4 nitrogen and oxygen atoms in total. The minimum Gasteiger partial charge on any atom is -0.388 e. The zero-order chi connectivity index (χ0) is 14.4. The second kappa shape index (κ2) is 7.52. The monoisotopic (exact) mass is 342 g/mol. The predicted molar refractivity (Wildman–Crippen MR) is 83.7 cm³/mol. The Morgan fingerprint density at radius 2 is 2.05 bits per heavy atom. The molecule has 1 fully saturated rings. The molecule has 0 aliphatic carbocycles. The van der Waals surface area contributed by atoms with E-state index in [-0.39, 0.29) is 0 Å². The van der Waals surface area contributed by atoms with Crippen LogP contribution in [0.4, 0.5) is 0 Å². The molecule has 1 aromatic rings. The third-order valence-electron chi connectivity index (χ3n) is 3.45. The molecule has 0 radical (unpaired) electrons. The van der Waals surface area contributed by atoms with E-state index in [1.165, 1.54) is 5.56 Å². The van der Waals surface area contributed by atoms with Crippen LogP contribution in [0.2, 0.25) is 0 Å². The zero-order valence-electron chi connectivity index (χ0n) is 11.9. The van der Waals surface area contributed by atoms with Crippen LogP contribution in [0.25, 0.3) is 0 Å². The van der Waals surface area contributed by atoms with Crippen LogP contribution in [-0.4, -0.2) is 55.0 Å². The van der Waals surface area contributed by atoms with Crippen LogP contribution in [0, 0.1) is 0 Å². The molecule has 5 heteroatoms. The number of nitrogens with one attached hydrogen (secondary N) is 1. The second-order valence-electron chi connectivity index (χ2n) is 5.58. The molecule has 1 saturated heterocycles. The number of hydrogen-bond donors (Lipinski definition) is 2. The summed E-state index contributed by atoms with van der Waals surface area (Å²) < 4.78 is 6.42. The molecule has 0 bridgehead atoms. The summed E-state index contributed by atoms with van der Waals surface area (Å²) in [5, 5.41) is 13.8. The second-order valence-corrected chi connectivity index (χ2v) is 6.43. The Bertz CT molecular complexity index is 420. The largest absolute Gasteiger partial charge is 0.388 e. The van der Waals surface area contributed by atoms with Gasteiger partial charge in [-0.3, -0.25) is 4.90 Å². The molecule has 112 valence electrons. The summed E-state index contributed by atoms with van der Waals surface area (Å²) in [6.45, 7) is 7.23. The highest BCUT2D eigenvalue weighted by molar-refractivity contribution is 9.10. The highest BCUT2D eigenvalue weighted by atomic mass is 79.9. The maximum absolute atomic E-state index is 10.5. The Kier molecular flexibility index (Phi) is 5.99. The summed E-state index contributed by atoms with van der Waals surface area (Å²) in [6.07, 6.45) is 0. The van der Waals surface area contributed by atoms with Crippen molar-refractivity contribution < 1.29 is 9.84 Å². The average molecular weight is 343 g/mol. The summed E-state index contributed by atoms with van der Waals surface area (Å²) in [7, 11) is 0. The molecule has 2 N–H and O–H groups in total. The normalized spacial score (nSPS) is 19.8. The Morgan fingerprint density at radius 1 is 1.35 bits per heavy atom. The van der Waals surface area contributed by atoms with E-state index in [1.54, 1.807) is 0 Å². The maximum atomic E-state index is 10.5. The molecule has 1 aliphatic rings. The van der Waals surface area contributed by atoms with Crippen LogP contribution in [0.15, 0.2) is 28.7 Å². The molecule has 20 heavy (non-hydrogen) atoms. The zero-order valence-corrected chi connectivity index (χ0v) is 13.5. The Balaban J connectivity index is 1.75. The molecule has 1 heterocycles. The minimum absolute atomic E-state index is 0.575. The molecule has 0 amide bonds. The van der Waals surface area contributed by atoms with Crippen LogP contribution < -0.4 is 5.32 Å². The lowest BCUT2D eigenvalue weighted by atomic mass is 10.1. The Morgan fingerprint density at radius 3 is 2.75 bits per heavy atom. The number of morpholine rings is 1. The first-order valence-corrected chi connectivity index (χ1v) is 7.83. The van der Waals surface area contributed by atoms with Gasteiger partial charge < -0.3 is 15.2 Å². The number of rotatable bonds is 6. The van der Waals surface area contributed by atoms with Gasteiger partial charge in [-0.25, -0.2) is 0 Å². The summed E-state index contributed by atoms with van der Waals surface area (Å²) in [4.78, 5) is 2.25. The van der Waals surface area contributed by atoms with E-state index >= 15 is 0 Å². The number of halogens is 1. The number of ether oxygens (including phenoxy) is 1. The van der Waals surface area contributed by atoms with Crippen molar-refractivity contribution in [1.82, 2.24) is 10.2 Å². The number of benzene rings is 1. The van der Waals surface area contributed by atoms with E-state index in [9.17, 15) is 5.11 Å².